The van der Waals surface area contributed by atoms with E-state index in [0.29, 0.717) is 6.04 Å². The minimum atomic E-state index is 0.675. The van der Waals surface area contributed by atoms with E-state index in [-0.39, 0.29) is 0 Å². The molecule has 1 nitrogen and oxygen atoms in total. The van der Waals surface area contributed by atoms with Crippen LogP contribution in [0.15, 0.2) is 35.9 Å². The van der Waals surface area contributed by atoms with E-state index in [9.17, 15) is 0 Å². The van der Waals surface area contributed by atoms with Crippen molar-refractivity contribution in [3.63, 3.8) is 0 Å². The molecule has 0 radical (unpaired) electrons. The van der Waals surface area contributed by atoms with E-state index in [1.54, 1.807) is 5.57 Å². The van der Waals surface area contributed by atoms with Gasteiger partial charge in [-0.3, -0.25) is 4.90 Å². The Hall–Kier alpha value is -1.08. The van der Waals surface area contributed by atoms with Gasteiger partial charge in [0.1, 0.15) is 0 Å². The molecule has 0 saturated heterocycles. The van der Waals surface area contributed by atoms with Gasteiger partial charge in [0.25, 0.3) is 0 Å². The molecule has 18 heavy (non-hydrogen) atoms. The van der Waals surface area contributed by atoms with Crippen LogP contribution in [0.5, 0.6) is 0 Å². The second-order valence-electron chi connectivity index (χ2n) is 5.11. The average molecular weight is 243 g/mol. The first kappa shape index (κ1) is 13.4. The zero-order chi connectivity index (χ0) is 12.8. The highest BCUT2D eigenvalue weighted by molar-refractivity contribution is 5.54. The number of hydrogen-bond donors (Lipinski definition) is 0. The van der Waals surface area contributed by atoms with Gasteiger partial charge in [-0.05, 0) is 37.9 Å². The Labute approximate surface area is 112 Å². The van der Waals surface area contributed by atoms with Crippen LogP contribution >= 0.6 is 0 Å². The Bertz CT molecular complexity index is 376. The number of rotatable bonds is 4. The van der Waals surface area contributed by atoms with Gasteiger partial charge < -0.3 is 0 Å². The predicted octanol–water partition coefficient (Wildman–Crippen LogP) is 4.35. The first-order valence-electron chi connectivity index (χ1n) is 7.34. The summed E-state index contributed by atoms with van der Waals surface area (Å²) in [7, 11) is 0. The maximum Gasteiger partial charge on any atom is 0.0310 e. The zero-order valence-electron chi connectivity index (χ0n) is 11.7. The lowest BCUT2D eigenvalue weighted by Gasteiger charge is -2.35. The van der Waals surface area contributed by atoms with Crippen molar-refractivity contribution in [2.45, 2.75) is 45.6 Å². The Morgan fingerprint density at radius 1 is 1.11 bits per heavy atom. The Balaban J connectivity index is 2.20. The Kier molecular flexibility index (Phi) is 5.00. The quantitative estimate of drug-likeness (QED) is 0.759. The molecule has 1 fully saturated rings. The molecule has 0 spiro atoms. The van der Waals surface area contributed by atoms with Crippen LogP contribution in [-0.4, -0.2) is 24.0 Å². The lowest BCUT2D eigenvalue weighted by molar-refractivity contribution is 0.215. The highest BCUT2D eigenvalue weighted by atomic mass is 15.1. The standard InChI is InChI=1S/C17H25N/c1-3-18(4-2)17-13-9-8-12-16(17)14-15-10-6-5-7-11-15/h5-7,10-11,14,17H,3-4,8-9,12-13H2,1-2H3/b16-14-. The van der Waals surface area contributed by atoms with Crippen LogP contribution in [-0.2, 0) is 0 Å². The van der Waals surface area contributed by atoms with Crippen molar-refractivity contribution >= 4 is 6.08 Å². The van der Waals surface area contributed by atoms with Crippen molar-refractivity contribution < 1.29 is 0 Å². The first-order valence-corrected chi connectivity index (χ1v) is 7.34. The van der Waals surface area contributed by atoms with E-state index in [1.165, 1.54) is 31.2 Å². The number of benzene rings is 1. The molecule has 1 aliphatic carbocycles. The fraction of sp³-hybridized carbons (Fsp3) is 0.529. The molecule has 0 aliphatic heterocycles. The third kappa shape index (κ3) is 3.23. The summed E-state index contributed by atoms with van der Waals surface area (Å²) >= 11 is 0. The van der Waals surface area contributed by atoms with Gasteiger partial charge in [0, 0.05) is 6.04 Å². The molecular weight excluding hydrogens is 218 g/mol. The van der Waals surface area contributed by atoms with E-state index in [2.05, 4.69) is 55.2 Å². The van der Waals surface area contributed by atoms with Crippen molar-refractivity contribution in [2.75, 3.05) is 13.1 Å². The van der Waals surface area contributed by atoms with Crippen LogP contribution in [0.2, 0.25) is 0 Å². The molecule has 0 amide bonds. The van der Waals surface area contributed by atoms with Crippen molar-refractivity contribution in [2.24, 2.45) is 0 Å². The van der Waals surface area contributed by atoms with Gasteiger partial charge in [-0.2, -0.15) is 0 Å². The SMILES string of the molecule is CCN(CC)C1CCCC/C1=C/c1ccccc1. The molecule has 1 heteroatoms. The van der Waals surface area contributed by atoms with Crippen molar-refractivity contribution in [1.82, 2.24) is 4.90 Å². The topological polar surface area (TPSA) is 3.24 Å². The molecule has 1 aromatic rings. The zero-order valence-corrected chi connectivity index (χ0v) is 11.7. The lowest BCUT2D eigenvalue weighted by atomic mass is 9.87. The molecule has 2 rings (SSSR count). The van der Waals surface area contributed by atoms with Crippen LogP contribution < -0.4 is 0 Å². The molecule has 1 unspecified atom stereocenters. The third-order valence-electron chi connectivity index (χ3n) is 4.03. The summed E-state index contributed by atoms with van der Waals surface area (Å²) in [6.07, 6.45) is 7.77. The minimum absolute atomic E-state index is 0.675. The van der Waals surface area contributed by atoms with Gasteiger partial charge in [-0.1, -0.05) is 62.2 Å². The van der Waals surface area contributed by atoms with Crippen LogP contribution in [0.4, 0.5) is 0 Å². The van der Waals surface area contributed by atoms with Gasteiger partial charge in [-0.25, -0.2) is 0 Å². The fourth-order valence-electron chi connectivity index (χ4n) is 3.03. The molecule has 0 heterocycles. The summed E-state index contributed by atoms with van der Waals surface area (Å²) in [5.74, 6) is 0. The van der Waals surface area contributed by atoms with Crippen LogP contribution in [0.25, 0.3) is 6.08 Å². The number of nitrogens with zero attached hydrogens (tertiary/aromatic N) is 1. The maximum atomic E-state index is 2.61. The van der Waals surface area contributed by atoms with E-state index >= 15 is 0 Å². The molecule has 1 aliphatic rings. The highest BCUT2D eigenvalue weighted by Crippen LogP contribution is 2.29. The summed E-state index contributed by atoms with van der Waals surface area (Å²) in [6, 6.07) is 11.4. The minimum Gasteiger partial charge on any atom is -0.297 e. The van der Waals surface area contributed by atoms with Gasteiger partial charge in [0.15, 0.2) is 0 Å². The maximum absolute atomic E-state index is 2.61. The summed E-state index contributed by atoms with van der Waals surface area (Å²) in [5.41, 5.74) is 2.99. The van der Waals surface area contributed by atoms with Gasteiger partial charge >= 0.3 is 0 Å². The van der Waals surface area contributed by atoms with Crippen molar-refractivity contribution in [3.8, 4) is 0 Å². The molecule has 1 atom stereocenters. The number of hydrogen-bond acceptors (Lipinski definition) is 1. The number of likely N-dealkylation sites (N-methyl/N-ethyl adjacent to an activating group) is 1. The van der Waals surface area contributed by atoms with Crippen molar-refractivity contribution in [3.05, 3.63) is 41.5 Å². The second-order valence-corrected chi connectivity index (χ2v) is 5.11. The third-order valence-corrected chi connectivity index (χ3v) is 4.03. The summed E-state index contributed by atoms with van der Waals surface area (Å²) < 4.78 is 0. The molecule has 98 valence electrons. The summed E-state index contributed by atoms with van der Waals surface area (Å²) in [6.45, 7) is 6.87. The molecule has 0 aromatic heterocycles. The van der Waals surface area contributed by atoms with Gasteiger partial charge in [0.05, 0.1) is 0 Å². The average Bonchev–Trinajstić information content (AvgIpc) is 2.43. The van der Waals surface area contributed by atoms with E-state index in [4.69, 9.17) is 0 Å². The molecule has 0 N–H and O–H groups in total. The molecule has 1 aromatic carbocycles. The van der Waals surface area contributed by atoms with E-state index in [1.807, 2.05) is 0 Å². The highest BCUT2D eigenvalue weighted by Gasteiger charge is 2.22. The predicted molar refractivity (Wildman–Crippen MR) is 79.6 cm³/mol. The van der Waals surface area contributed by atoms with Crippen LogP contribution in [0, 0.1) is 0 Å². The largest absolute Gasteiger partial charge is 0.297 e. The smallest absolute Gasteiger partial charge is 0.0310 e. The fourth-order valence-corrected chi connectivity index (χ4v) is 3.03. The van der Waals surface area contributed by atoms with E-state index < -0.39 is 0 Å². The van der Waals surface area contributed by atoms with Gasteiger partial charge in [0.2, 0.25) is 0 Å². The van der Waals surface area contributed by atoms with Crippen molar-refractivity contribution in [1.29, 1.82) is 0 Å². The second kappa shape index (κ2) is 6.75. The lowest BCUT2D eigenvalue weighted by Crippen LogP contribution is -2.38. The molecule has 1 saturated carbocycles. The van der Waals surface area contributed by atoms with E-state index in [0.717, 1.165) is 13.1 Å². The Morgan fingerprint density at radius 2 is 1.83 bits per heavy atom. The monoisotopic (exact) mass is 243 g/mol. The molecular formula is C17H25N. The molecule has 0 bridgehead atoms. The normalized spacial score (nSPS) is 22.6. The van der Waals surface area contributed by atoms with Crippen LogP contribution in [0.3, 0.4) is 0 Å². The first-order chi connectivity index (χ1) is 8.85. The van der Waals surface area contributed by atoms with Gasteiger partial charge in [-0.15, -0.1) is 0 Å². The summed E-state index contributed by atoms with van der Waals surface area (Å²) in [5, 5.41) is 0. The Morgan fingerprint density at radius 3 is 2.50 bits per heavy atom. The van der Waals surface area contributed by atoms with Crippen LogP contribution in [0.1, 0.15) is 45.1 Å². The summed E-state index contributed by atoms with van der Waals surface area (Å²) in [4.78, 5) is 2.61.